The van der Waals surface area contributed by atoms with Gasteiger partial charge in [-0.2, -0.15) is 0 Å². The standard InChI is InChI=1S/C22H22N4O5/c27-20(13-31-17-9-6-15(7-10-17)14-4-2-1-3-5-14)24-25-21-18-12-16(26(29)30)8-11-19(18)23-22(21)28/h6-12,14,23,28H,1-5,13H2. The molecule has 2 aromatic carbocycles. The average Bonchev–Trinajstić information content (AvgIpc) is 3.11. The predicted octanol–water partition coefficient (Wildman–Crippen LogP) is 5.52. The van der Waals surface area contributed by atoms with Gasteiger partial charge in [0.05, 0.1) is 10.4 Å². The van der Waals surface area contributed by atoms with Crippen molar-refractivity contribution < 1.29 is 19.6 Å². The fourth-order valence-corrected chi connectivity index (χ4v) is 3.92. The highest BCUT2D eigenvalue weighted by Gasteiger charge is 2.16. The van der Waals surface area contributed by atoms with Crippen LogP contribution in [0.1, 0.15) is 43.6 Å². The van der Waals surface area contributed by atoms with Crippen molar-refractivity contribution in [3.05, 3.63) is 58.1 Å². The lowest BCUT2D eigenvalue weighted by Gasteiger charge is -2.22. The normalized spacial score (nSPS) is 14.8. The molecule has 0 spiro atoms. The third-order valence-electron chi connectivity index (χ3n) is 5.53. The number of H-pyrrole nitrogens is 1. The van der Waals surface area contributed by atoms with Gasteiger partial charge in [0.25, 0.3) is 5.69 Å². The third-order valence-corrected chi connectivity index (χ3v) is 5.53. The molecule has 2 N–H and O–H groups in total. The van der Waals surface area contributed by atoms with Crippen LogP contribution in [0.5, 0.6) is 11.6 Å². The zero-order valence-electron chi connectivity index (χ0n) is 16.8. The molecule has 0 saturated heterocycles. The van der Waals surface area contributed by atoms with E-state index in [1.807, 2.05) is 24.3 Å². The molecule has 1 saturated carbocycles. The Morgan fingerprint density at radius 2 is 1.90 bits per heavy atom. The average molecular weight is 422 g/mol. The van der Waals surface area contributed by atoms with Crippen molar-refractivity contribution in [3.8, 4) is 11.6 Å². The first-order valence-electron chi connectivity index (χ1n) is 10.2. The molecule has 9 heteroatoms. The Labute approximate surface area is 177 Å². The summed E-state index contributed by atoms with van der Waals surface area (Å²) in [5.74, 6) is 0.188. The number of nitrogens with zero attached hydrogens (tertiary/aromatic N) is 3. The Hall–Kier alpha value is -3.75. The highest BCUT2D eigenvalue weighted by atomic mass is 16.6. The summed E-state index contributed by atoms with van der Waals surface area (Å²) in [5, 5.41) is 28.6. The van der Waals surface area contributed by atoms with Crippen molar-refractivity contribution in [2.75, 3.05) is 6.61 Å². The topological polar surface area (TPSA) is 130 Å². The molecule has 3 aromatic rings. The summed E-state index contributed by atoms with van der Waals surface area (Å²) in [6.07, 6.45) is 6.26. The van der Waals surface area contributed by atoms with Crippen LogP contribution < -0.4 is 4.74 Å². The molecule has 0 atom stereocenters. The van der Waals surface area contributed by atoms with E-state index in [0.717, 1.165) is 0 Å². The molecule has 1 amide bonds. The zero-order chi connectivity index (χ0) is 21.8. The van der Waals surface area contributed by atoms with Crippen LogP contribution in [0, 0.1) is 10.1 Å². The molecule has 1 heterocycles. The lowest BCUT2D eigenvalue weighted by Crippen LogP contribution is -2.08. The summed E-state index contributed by atoms with van der Waals surface area (Å²) in [4.78, 5) is 25.1. The molecule has 1 aliphatic carbocycles. The van der Waals surface area contributed by atoms with E-state index in [0.29, 0.717) is 22.6 Å². The van der Waals surface area contributed by atoms with Gasteiger partial charge in [0.1, 0.15) is 5.75 Å². The summed E-state index contributed by atoms with van der Waals surface area (Å²) >= 11 is 0. The highest BCUT2D eigenvalue weighted by molar-refractivity contribution is 5.95. The van der Waals surface area contributed by atoms with E-state index in [2.05, 4.69) is 15.2 Å². The van der Waals surface area contributed by atoms with Gasteiger partial charge in [0.2, 0.25) is 5.88 Å². The maximum absolute atomic E-state index is 12.1. The van der Waals surface area contributed by atoms with Crippen LogP contribution in [-0.4, -0.2) is 27.5 Å². The fourth-order valence-electron chi connectivity index (χ4n) is 3.92. The van der Waals surface area contributed by atoms with Crippen molar-refractivity contribution in [3.63, 3.8) is 0 Å². The van der Waals surface area contributed by atoms with Crippen LogP contribution in [0.4, 0.5) is 11.4 Å². The third kappa shape index (κ3) is 4.71. The van der Waals surface area contributed by atoms with Crippen molar-refractivity contribution in [2.45, 2.75) is 38.0 Å². The Morgan fingerprint density at radius 3 is 2.61 bits per heavy atom. The number of aromatic nitrogens is 1. The summed E-state index contributed by atoms with van der Waals surface area (Å²) < 4.78 is 5.49. The smallest absolute Gasteiger partial charge is 0.302 e. The lowest BCUT2D eigenvalue weighted by atomic mass is 9.84. The van der Waals surface area contributed by atoms with Crippen molar-refractivity contribution >= 4 is 28.2 Å². The summed E-state index contributed by atoms with van der Waals surface area (Å²) in [6.45, 7) is -0.310. The number of amides is 1. The Kier molecular flexibility index (Phi) is 5.92. The second kappa shape index (κ2) is 8.95. The van der Waals surface area contributed by atoms with Gasteiger partial charge < -0.3 is 14.8 Å². The number of benzene rings is 2. The van der Waals surface area contributed by atoms with Crippen molar-refractivity contribution in [2.24, 2.45) is 10.2 Å². The molecule has 9 nitrogen and oxygen atoms in total. The molecule has 0 aliphatic heterocycles. The molecule has 160 valence electrons. The highest BCUT2D eigenvalue weighted by Crippen LogP contribution is 2.37. The minimum atomic E-state index is -0.643. The van der Waals surface area contributed by atoms with Gasteiger partial charge in [0, 0.05) is 17.5 Å². The lowest BCUT2D eigenvalue weighted by molar-refractivity contribution is -0.384. The van der Waals surface area contributed by atoms with Gasteiger partial charge in [-0.1, -0.05) is 31.4 Å². The Bertz CT molecular complexity index is 1130. The second-order valence-corrected chi connectivity index (χ2v) is 7.60. The maximum Gasteiger partial charge on any atom is 0.302 e. The number of non-ortho nitro benzene ring substituents is 1. The second-order valence-electron chi connectivity index (χ2n) is 7.60. The molecule has 0 bridgehead atoms. The van der Waals surface area contributed by atoms with Crippen molar-refractivity contribution in [1.29, 1.82) is 0 Å². The summed E-state index contributed by atoms with van der Waals surface area (Å²) in [6, 6.07) is 11.8. The molecule has 0 unspecified atom stereocenters. The molecular formula is C22H22N4O5. The SMILES string of the molecule is O=C(COc1ccc(C2CCCCC2)cc1)N=Nc1c(O)[nH]c2ccc([N+](=O)[O-])cc12. The van der Waals surface area contributed by atoms with Gasteiger partial charge in [-0.3, -0.25) is 14.9 Å². The molecule has 4 rings (SSSR count). The van der Waals surface area contributed by atoms with E-state index in [1.165, 1.54) is 55.9 Å². The molecule has 1 aliphatic rings. The number of carbonyl (C=O) groups excluding carboxylic acids is 1. The summed E-state index contributed by atoms with van der Waals surface area (Å²) in [5.41, 5.74) is 1.54. The quantitative estimate of drug-likeness (QED) is 0.307. The number of nitro benzene ring substituents is 1. The number of hydrogen-bond donors (Lipinski definition) is 2. The van der Waals surface area contributed by atoms with Crippen LogP contribution in [0.2, 0.25) is 0 Å². The van der Waals surface area contributed by atoms with Gasteiger partial charge in [-0.05, 0) is 42.5 Å². The van der Waals surface area contributed by atoms with Crippen molar-refractivity contribution in [1.82, 2.24) is 4.98 Å². The fraction of sp³-hybridized carbons (Fsp3) is 0.318. The van der Waals surface area contributed by atoms with Crippen LogP contribution >= 0.6 is 0 Å². The predicted molar refractivity (Wildman–Crippen MR) is 114 cm³/mol. The van der Waals surface area contributed by atoms with E-state index < -0.39 is 10.8 Å². The minimum Gasteiger partial charge on any atom is -0.493 e. The Morgan fingerprint density at radius 1 is 1.16 bits per heavy atom. The van der Waals surface area contributed by atoms with E-state index >= 15 is 0 Å². The first kappa shape index (κ1) is 20.5. The van der Waals surface area contributed by atoms with E-state index in [-0.39, 0.29) is 23.9 Å². The zero-order valence-corrected chi connectivity index (χ0v) is 16.8. The first-order chi connectivity index (χ1) is 15.0. The molecule has 1 fully saturated rings. The first-order valence-corrected chi connectivity index (χ1v) is 10.2. The molecule has 0 radical (unpaired) electrons. The number of ether oxygens (including phenoxy) is 1. The largest absolute Gasteiger partial charge is 0.493 e. The van der Waals surface area contributed by atoms with Gasteiger partial charge in [0.15, 0.2) is 12.3 Å². The van der Waals surface area contributed by atoms with Crippen LogP contribution in [-0.2, 0) is 4.79 Å². The van der Waals surface area contributed by atoms with Gasteiger partial charge >= 0.3 is 5.91 Å². The van der Waals surface area contributed by atoms with Gasteiger partial charge in [-0.25, -0.2) is 0 Å². The molecular weight excluding hydrogens is 400 g/mol. The van der Waals surface area contributed by atoms with Crippen LogP contribution in [0.3, 0.4) is 0 Å². The maximum atomic E-state index is 12.1. The molecule has 1 aromatic heterocycles. The number of hydrogen-bond acceptors (Lipinski definition) is 6. The monoisotopic (exact) mass is 422 g/mol. The number of aromatic hydroxyl groups is 1. The van der Waals surface area contributed by atoms with E-state index in [1.54, 1.807) is 0 Å². The number of fused-ring (bicyclic) bond motifs is 1. The van der Waals surface area contributed by atoms with Crippen LogP contribution in [0.25, 0.3) is 10.9 Å². The number of aromatic amines is 1. The van der Waals surface area contributed by atoms with E-state index in [4.69, 9.17) is 4.74 Å². The van der Waals surface area contributed by atoms with E-state index in [9.17, 15) is 20.0 Å². The van der Waals surface area contributed by atoms with Crippen LogP contribution in [0.15, 0.2) is 52.7 Å². The number of nitro groups is 1. The number of carbonyl (C=O) groups is 1. The Balaban J connectivity index is 1.39. The number of nitrogens with one attached hydrogen (secondary N) is 1. The number of rotatable bonds is 6. The minimum absolute atomic E-state index is 0.0381. The van der Waals surface area contributed by atoms with Gasteiger partial charge in [-0.15, -0.1) is 10.2 Å². The number of azo groups is 1. The summed E-state index contributed by atoms with van der Waals surface area (Å²) in [7, 11) is 0. The molecule has 31 heavy (non-hydrogen) atoms.